The number of aromatic nitrogens is 1. The molecule has 12 rings (SSSR count). The van der Waals surface area contributed by atoms with Crippen LogP contribution in [0, 0.1) is 0 Å². The van der Waals surface area contributed by atoms with Crippen LogP contribution in [0.1, 0.15) is 25.0 Å². The first-order chi connectivity index (χ1) is 29.0. The second-order valence-electron chi connectivity index (χ2n) is 16.5. The summed E-state index contributed by atoms with van der Waals surface area (Å²) in [7, 11) is 0. The van der Waals surface area contributed by atoms with E-state index in [2.05, 4.69) is 230 Å². The average molecular weight is 753 g/mol. The molecule has 2 nitrogen and oxygen atoms in total. The van der Waals surface area contributed by atoms with Gasteiger partial charge in [-0.1, -0.05) is 159 Å². The van der Waals surface area contributed by atoms with E-state index in [1.165, 1.54) is 93.2 Å². The van der Waals surface area contributed by atoms with Crippen LogP contribution >= 0.6 is 0 Å². The van der Waals surface area contributed by atoms with E-state index in [9.17, 15) is 0 Å². The Labute approximate surface area is 343 Å². The predicted octanol–water partition coefficient (Wildman–Crippen LogP) is 15.7. The van der Waals surface area contributed by atoms with Gasteiger partial charge >= 0.3 is 0 Å². The summed E-state index contributed by atoms with van der Waals surface area (Å²) >= 11 is 0. The van der Waals surface area contributed by atoms with Crippen LogP contribution in [0.4, 0.5) is 17.1 Å². The van der Waals surface area contributed by atoms with E-state index in [0.29, 0.717) is 0 Å². The third-order valence-corrected chi connectivity index (χ3v) is 12.9. The summed E-state index contributed by atoms with van der Waals surface area (Å²) < 4.78 is 2.40. The minimum absolute atomic E-state index is 0.189. The van der Waals surface area contributed by atoms with Gasteiger partial charge in [0.05, 0.1) is 22.4 Å². The van der Waals surface area contributed by atoms with Crippen molar-refractivity contribution in [3.8, 4) is 27.9 Å². The van der Waals surface area contributed by atoms with Gasteiger partial charge < -0.3 is 9.47 Å². The maximum Gasteiger partial charge on any atom is 0.0546 e. The number of hydrogen-bond acceptors (Lipinski definition) is 1. The average Bonchev–Trinajstić information content (AvgIpc) is 3.73. The van der Waals surface area contributed by atoms with Gasteiger partial charge in [0.2, 0.25) is 0 Å². The highest BCUT2D eigenvalue weighted by atomic mass is 15.1. The lowest BCUT2D eigenvalue weighted by atomic mass is 9.82. The standard InChI is InChI=1S/C57H40N2/c1-57(2)49-27-15-29-53(56(49)48-34-39-18-6-7-19-40(39)35-50(48)57)59(42-31-33-52-47(36-42)45-25-12-13-28-51(45)58(52)41-21-4-3-5-22-41)54-32-30-38-17-9-11-24-44(38)55(54)46-26-14-20-37-16-8-10-23-43(37)46/h3-36H,1-2H3. The number of nitrogens with zero attached hydrogens (tertiary/aromatic N) is 2. The fourth-order valence-corrected chi connectivity index (χ4v) is 10.2. The summed E-state index contributed by atoms with van der Waals surface area (Å²) in [6.45, 7) is 4.78. The second-order valence-corrected chi connectivity index (χ2v) is 16.5. The fraction of sp³-hybridized carbons (Fsp3) is 0.0526. The summed E-state index contributed by atoms with van der Waals surface area (Å²) in [6, 6.07) is 76.4. The third-order valence-electron chi connectivity index (χ3n) is 12.9. The molecule has 1 heterocycles. The molecule has 0 aliphatic heterocycles. The maximum absolute atomic E-state index is 2.57. The van der Waals surface area contributed by atoms with E-state index in [1.54, 1.807) is 0 Å². The Morgan fingerprint density at radius 3 is 1.80 bits per heavy atom. The van der Waals surface area contributed by atoms with Gasteiger partial charge in [0.1, 0.15) is 0 Å². The van der Waals surface area contributed by atoms with Gasteiger partial charge in [0, 0.05) is 38.7 Å². The molecule has 10 aromatic carbocycles. The monoisotopic (exact) mass is 752 g/mol. The Balaban J connectivity index is 1.21. The van der Waals surface area contributed by atoms with Gasteiger partial charge in [0.25, 0.3) is 0 Å². The topological polar surface area (TPSA) is 8.17 Å². The van der Waals surface area contributed by atoms with Crippen molar-refractivity contribution in [2.75, 3.05) is 4.90 Å². The number of benzene rings is 10. The highest BCUT2D eigenvalue weighted by Crippen LogP contribution is 2.56. The van der Waals surface area contributed by atoms with Crippen molar-refractivity contribution in [2.45, 2.75) is 19.3 Å². The van der Waals surface area contributed by atoms with E-state index < -0.39 is 0 Å². The third kappa shape index (κ3) is 5.00. The summed E-state index contributed by atoms with van der Waals surface area (Å²) in [4.78, 5) is 2.57. The molecule has 0 unspecified atom stereocenters. The molecule has 1 aliphatic rings. The smallest absolute Gasteiger partial charge is 0.0546 e. The van der Waals surface area contributed by atoms with Crippen LogP contribution in [0.3, 0.4) is 0 Å². The van der Waals surface area contributed by atoms with E-state index in [-0.39, 0.29) is 5.41 Å². The maximum atomic E-state index is 2.57. The molecule has 0 spiro atoms. The number of rotatable bonds is 5. The lowest BCUT2D eigenvalue weighted by molar-refractivity contribution is 0.661. The highest BCUT2D eigenvalue weighted by molar-refractivity contribution is 6.14. The lowest BCUT2D eigenvalue weighted by Crippen LogP contribution is -2.16. The first kappa shape index (κ1) is 33.7. The van der Waals surface area contributed by atoms with Crippen molar-refractivity contribution >= 4 is 71.2 Å². The Kier molecular flexibility index (Phi) is 7.31. The first-order valence-electron chi connectivity index (χ1n) is 20.6. The van der Waals surface area contributed by atoms with Gasteiger partial charge in [-0.2, -0.15) is 0 Å². The van der Waals surface area contributed by atoms with Crippen LogP contribution in [0.15, 0.2) is 206 Å². The minimum Gasteiger partial charge on any atom is -0.309 e. The van der Waals surface area contributed by atoms with Crippen LogP contribution in [0.25, 0.3) is 82.1 Å². The normalized spacial score (nSPS) is 13.1. The van der Waals surface area contributed by atoms with Crippen molar-refractivity contribution in [1.29, 1.82) is 0 Å². The van der Waals surface area contributed by atoms with Gasteiger partial charge in [0.15, 0.2) is 0 Å². The van der Waals surface area contributed by atoms with Crippen LogP contribution in [-0.2, 0) is 5.41 Å². The van der Waals surface area contributed by atoms with Gasteiger partial charge in [-0.15, -0.1) is 0 Å². The molecule has 59 heavy (non-hydrogen) atoms. The molecule has 2 heteroatoms. The zero-order chi connectivity index (χ0) is 39.2. The molecule has 1 aliphatic carbocycles. The molecule has 0 atom stereocenters. The zero-order valence-corrected chi connectivity index (χ0v) is 33.0. The van der Waals surface area contributed by atoms with Gasteiger partial charge in [-0.3, -0.25) is 0 Å². The van der Waals surface area contributed by atoms with Crippen molar-refractivity contribution in [3.05, 3.63) is 217 Å². The van der Waals surface area contributed by atoms with Crippen molar-refractivity contribution in [3.63, 3.8) is 0 Å². The van der Waals surface area contributed by atoms with Crippen LogP contribution in [0.5, 0.6) is 0 Å². The molecule has 278 valence electrons. The van der Waals surface area contributed by atoms with Crippen molar-refractivity contribution in [1.82, 2.24) is 4.57 Å². The van der Waals surface area contributed by atoms with E-state index in [1.807, 2.05) is 0 Å². The zero-order valence-electron chi connectivity index (χ0n) is 33.0. The molecule has 1 aromatic heterocycles. The summed E-state index contributed by atoms with van der Waals surface area (Å²) in [5.41, 5.74) is 14.5. The predicted molar refractivity (Wildman–Crippen MR) is 251 cm³/mol. The SMILES string of the molecule is CC1(C)c2cc3ccccc3cc2-c2c(N(c3ccc4c(c3)c3ccccc3n4-c3ccccc3)c3ccc4ccccc4c3-c3cccc4ccccc34)cccc21. The summed E-state index contributed by atoms with van der Waals surface area (Å²) in [5.74, 6) is 0. The lowest BCUT2D eigenvalue weighted by Gasteiger charge is -2.31. The molecule has 0 radical (unpaired) electrons. The Bertz CT molecular complexity index is 3470. The number of hydrogen-bond donors (Lipinski definition) is 0. The molecule has 0 N–H and O–H groups in total. The van der Waals surface area contributed by atoms with Gasteiger partial charge in [-0.05, 0) is 115 Å². The number of anilines is 3. The number of fused-ring (bicyclic) bond motifs is 9. The largest absolute Gasteiger partial charge is 0.309 e. The molecule has 0 saturated heterocycles. The number of para-hydroxylation sites is 2. The fourth-order valence-electron chi connectivity index (χ4n) is 10.2. The molecule has 0 saturated carbocycles. The summed E-state index contributed by atoms with van der Waals surface area (Å²) in [6.07, 6.45) is 0. The molecular weight excluding hydrogens is 713 g/mol. The van der Waals surface area contributed by atoms with Crippen LogP contribution in [0.2, 0.25) is 0 Å². The van der Waals surface area contributed by atoms with E-state index in [4.69, 9.17) is 0 Å². The molecule has 0 amide bonds. The van der Waals surface area contributed by atoms with Crippen LogP contribution < -0.4 is 4.90 Å². The minimum atomic E-state index is -0.189. The molecule has 0 fully saturated rings. The van der Waals surface area contributed by atoms with E-state index >= 15 is 0 Å². The Morgan fingerprint density at radius 2 is 0.983 bits per heavy atom. The quantitative estimate of drug-likeness (QED) is 0.170. The summed E-state index contributed by atoms with van der Waals surface area (Å²) in [5, 5.41) is 9.91. The van der Waals surface area contributed by atoms with E-state index in [0.717, 1.165) is 17.1 Å². The second kappa shape index (κ2) is 12.8. The molecular formula is C57H40N2. The first-order valence-corrected chi connectivity index (χ1v) is 20.6. The molecule has 11 aromatic rings. The molecule has 0 bridgehead atoms. The van der Waals surface area contributed by atoms with Crippen molar-refractivity contribution < 1.29 is 0 Å². The Morgan fingerprint density at radius 1 is 0.373 bits per heavy atom. The Hall–Kier alpha value is -7.42. The van der Waals surface area contributed by atoms with Gasteiger partial charge in [-0.25, -0.2) is 0 Å². The van der Waals surface area contributed by atoms with Crippen molar-refractivity contribution in [2.24, 2.45) is 0 Å². The highest BCUT2D eigenvalue weighted by Gasteiger charge is 2.38. The van der Waals surface area contributed by atoms with Crippen LogP contribution in [-0.4, -0.2) is 4.57 Å².